The van der Waals surface area contributed by atoms with Crippen molar-refractivity contribution < 1.29 is 28.2 Å². The van der Waals surface area contributed by atoms with Gasteiger partial charge in [0.2, 0.25) is 0 Å². The number of para-hydroxylation sites is 4. The van der Waals surface area contributed by atoms with E-state index in [1.54, 1.807) is 80.8 Å². The summed E-state index contributed by atoms with van der Waals surface area (Å²) in [6.07, 6.45) is 0. The number of benzene rings is 4. The van der Waals surface area contributed by atoms with E-state index < -0.39 is 17.8 Å². The first-order valence-corrected chi connectivity index (χ1v) is 12.5. The minimum Gasteiger partial charge on any atom is -0.496 e. The Balaban J connectivity index is 1.48. The van der Waals surface area contributed by atoms with Crippen LogP contribution in [0.25, 0.3) is 0 Å². The topological polar surface area (TPSA) is 77.1 Å². The average molecular weight is 527 g/mol. The van der Waals surface area contributed by atoms with Crippen LogP contribution in [0, 0.1) is 5.82 Å². The highest BCUT2D eigenvalue weighted by Gasteiger charge is 2.35. The van der Waals surface area contributed by atoms with Crippen molar-refractivity contribution in [1.82, 2.24) is 0 Å². The molecule has 1 unspecified atom stereocenters. The largest absolute Gasteiger partial charge is 0.496 e. The van der Waals surface area contributed by atoms with Crippen LogP contribution in [0.1, 0.15) is 34.5 Å². The lowest BCUT2D eigenvalue weighted by Crippen LogP contribution is -2.39. The van der Waals surface area contributed by atoms with E-state index in [-0.39, 0.29) is 24.8 Å². The summed E-state index contributed by atoms with van der Waals surface area (Å²) in [5.74, 6) is -0.372. The minimum absolute atomic E-state index is 0.0714. The summed E-state index contributed by atoms with van der Waals surface area (Å²) in [7, 11) is 1.55. The smallest absolute Gasteiger partial charge is 0.341 e. The van der Waals surface area contributed by atoms with Crippen molar-refractivity contribution in [1.29, 1.82) is 0 Å². The standard InChI is InChI=1S/C31H27FN2O5/c1-3-38-31(36)22-10-4-9-15-28(22)39-19-21-18-20(16-17-27(21)37-2)29-30(35)34(25-13-7-5-11-23(25)32)26-14-8-6-12-24(26)33-29/h4-18,29,33H,3,19H2,1-2H3. The van der Waals surface area contributed by atoms with Crippen LogP contribution in [0.4, 0.5) is 21.5 Å². The van der Waals surface area contributed by atoms with Gasteiger partial charge in [0.05, 0.1) is 30.8 Å². The predicted molar refractivity (Wildman–Crippen MR) is 146 cm³/mol. The summed E-state index contributed by atoms with van der Waals surface area (Å²) in [4.78, 5) is 27.6. The van der Waals surface area contributed by atoms with Crippen molar-refractivity contribution in [3.05, 3.63) is 114 Å². The predicted octanol–water partition coefficient (Wildman–Crippen LogP) is 6.42. The van der Waals surface area contributed by atoms with Crippen molar-refractivity contribution in [2.45, 2.75) is 19.6 Å². The monoisotopic (exact) mass is 526 g/mol. The Morgan fingerprint density at radius 1 is 0.923 bits per heavy atom. The van der Waals surface area contributed by atoms with Gasteiger partial charge in [-0.15, -0.1) is 0 Å². The third-order valence-electron chi connectivity index (χ3n) is 6.41. The first kappa shape index (κ1) is 25.8. The van der Waals surface area contributed by atoms with Gasteiger partial charge in [0, 0.05) is 5.56 Å². The second kappa shape index (κ2) is 11.3. The Bertz CT molecular complexity index is 1520. The summed E-state index contributed by atoms with van der Waals surface area (Å²) in [6, 6.07) is 24.9. The second-order valence-corrected chi connectivity index (χ2v) is 8.80. The van der Waals surface area contributed by atoms with E-state index in [1.807, 2.05) is 18.2 Å². The van der Waals surface area contributed by atoms with E-state index in [9.17, 15) is 14.0 Å². The molecule has 1 atom stereocenters. The van der Waals surface area contributed by atoms with Crippen molar-refractivity contribution in [3.8, 4) is 11.5 Å². The van der Waals surface area contributed by atoms with Crippen molar-refractivity contribution in [3.63, 3.8) is 0 Å². The molecule has 4 aromatic carbocycles. The van der Waals surface area contributed by atoms with Crippen molar-refractivity contribution in [2.24, 2.45) is 0 Å². The molecule has 0 saturated heterocycles. The van der Waals surface area contributed by atoms with Gasteiger partial charge >= 0.3 is 5.97 Å². The Labute approximate surface area is 225 Å². The van der Waals surface area contributed by atoms with Gasteiger partial charge in [-0.05, 0) is 61.0 Å². The molecule has 4 aromatic rings. The first-order valence-electron chi connectivity index (χ1n) is 12.5. The fourth-order valence-electron chi connectivity index (χ4n) is 4.58. The van der Waals surface area contributed by atoms with E-state index in [1.165, 1.54) is 11.0 Å². The fraction of sp³-hybridized carbons (Fsp3) is 0.161. The molecule has 0 radical (unpaired) electrons. The maximum atomic E-state index is 14.9. The van der Waals surface area contributed by atoms with Crippen LogP contribution in [-0.2, 0) is 16.1 Å². The van der Waals surface area contributed by atoms with Crippen LogP contribution in [0.2, 0.25) is 0 Å². The molecule has 0 bridgehead atoms. The fourth-order valence-corrected chi connectivity index (χ4v) is 4.58. The number of amides is 1. The molecule has 1 amide bonds. The lowest BCUT2D eigenvalue weighted by atomic mass is 9.98. The molecule has 39 heavy (non-hydrogen) atoms. The van der Waals surface area contributed by atoms with Gasteiger partial charge < -0.3 is 19.5 Å². The second-order valence-electron chi connectivity index (χ2n) is 8.80. The molecule has 0 saturated carbocycles. The van der Waals surface area contributed by atoms with Crippen molar-refractivity contribution in [2.75, 3.05) is 23.9 Å². The zero-order valence-corrected chi connectivity index (χ0v) is 21.5. The Morgan fingerprint density at radius 3 is 2.41 bits per heavy atom. The number of hydrogen-bond acceptors (Lipinski definition) is 6. The number of rotatable bonds is 8. The minimum atomic E-state index is -0.795. The van der Waals surface area contributed by atoms with Gasteiger partial charge in [-0.25, -0.2) is 9.18 Å². The molecule has 1 aliphatic heterocycles. The lowest BCUT2D eigenvalue weighted by molar-refractivity contribution is -0.119. The molecule has 0 aromatic heterocycles. The Morgan fingerprint density at radius 2 is 1.64 bits per heavy atom. The number of nitrogens with one attached hydrogen (secondary N) is 1. The highest BCUT2D eigenvalue weighted by molar-refractivity contribution is 6.10. The van der Waals surface area contributed by atoms with Crippen LogP contribution in [-0.4, -0.2) is 25.6 Å². The summed E-state index contributed by atoms with van der Waals surface area (Å²) < 4.78 is 31.6. The maximum absolute atomic E-state index is 14.9. The number of halogens is 1. The molecular weight excluding hydrogens is 499 g/mol. The van der Waals surface area contributed by atoms with Gasteiger partial charge in [-0.2, -0.15) is 0 Å². The number of anilines is 3. The molecule has 1 N–H and O–H groups in total. The van der Waals surface area contributed by atoms with E-state index >= 15 is 0 Å². The van der Waals surface area contributed by atoms with Gasteiger partial charge in [0.1, 0.15) is 35.5 Å². The van der Waals surface area contributed by atoms with Gasteiger partial charge in [-0.3, -0.25) is 9.69 Å². The zero-order chi connectivity index (χ0) is 27.4. The van der Waals surface area contributed by atoms with Crippen LogP contribution in [0.3, 0.4) is 0 Å². The van der Waals surface area contributed by atoms with Crippen LogP contribution in [0.5, 0.6) is 11.5 Å². The number of hydrogen-bond donors (Lipinski definition) is 1. The van der Waals surface area contributed by atoms with E-state index in [0.29, 0.717) is 39.6 Å². The van der Waals surface area contributed by atoms with Gasteiger partial charge in [0.15, 0.2) is 0 Å². The molecule has 8 heteroatoms. The van der Waals surface area contributed by atoms with Crippen LogP contribution < -0.4 is 19.7 Å². The molecule has 1 heterocycles. The normalized spacial score (nSPS) is 14.3. The Hall–Kier alpha value is -4.85. The maximum Gasteiger partial charge on any atom is 0.341 e. The highest BCUT2D eigenvalue weighted by atomic mass is 19.1. The number of methoxy groups -OCH3 is 1. The first-order chi connectivity index (χ1) is 19.0. The molecule has 1 aliphatic rings. The number of nitrogens with zero attached hydrogens (tertiary/aromatic N) is 1. The SMILES string of the molecule is CCOC(=O)c1ccccc1OCc1cc(C2Nc3ccccc3N(c3ccccc3F)C2=O)ccc1OC. The van der Waals surface area contributed by atoms with Crippen molar-refractivity contribution >= 4 is 28.9 Å². The summed E-state index contributed by atoms with van der Waals surface area (Å²) >= 11 is 0. The number of carbonyl (C=O) groups is 2. The number of esters is 1. The Kier molecular flexibility index (Phi) is 7.45. The quantitative estimate of drug-likeness (QED) is 0.267. The van der Waals surface area contributed by atoms with Crippen LogP contribution >= 0.6 is 0 Å². The third kappa shape index (κ3) is 5.13. The molecule has 0 fully saturated rings. The summed E-state index contributed by atoms with van der Waals surface area (Å²) in [5, 5.41) is 3.30. The highest BCUT2D eigenvalue weighted by Crippen LogP contribution is 2.42. The van der Waals surface area contributed by atoms with Gasteiger partial charge in [-0.1, -0.05) is 42.5 Å². The third-order valence-corrected chi connectivity index (χ3v) is 6.41. The number of fused-ring (bicyclic) bond motifs is 1. The number of carbonyl (C=O) groups excluding carboxylic acids is 2. The number of ether oxygens (including phenoxy) is 3. The molecule has 198 valence electrons. The molecule has 0 aliphatic carbocycles. The molecule has 7 nitrogen and oxygen atoms in total. The molecule has 0 spiro atoms. The summed E-state index contributed by atoms with van der Waals surface area (Å²) in [5.41, 5.74) is 3.07. The summed E-state index contributed by atoms with van der Waals surface area (Å²) in [6.45, 7) is 2.06. The molecule has 5 rings (SSSR count). The van der Waals surface area contributed by atoms with Gasteiger partial charge in [0.25, 0.3) is 5.91 Å². The zero-order valence-electron chi connectivity index (χ0n) is 21.5. The van der Waals surface area contributed by atoms with E-state index in [2.05, 4.69) is 5.32 Å². The van der Waals surface area contributed by atoms with Crippen LogP contribution in [0.15, 0.2) is 91.0 Å². The van der Waals surface area contributed by atoms with E-state index in [0.717, 1.165) is 0 Å². The average Bonchev–Trinajstić information content (AvgIpc) is 2.96. The van der Waals surface area contributed by atoms with E-state index in [4.69, 9.17) is 14.2 Å². The lowest BCUT2D eigenvalue weighted by Gasteiger charge is -2.35. The molecular formula is C31H27FN2O5.